The van der Waals surface area contributed by atoms with E-state index in [-0.39, 0.29) is 11.3 Å². The first kappa shape index (κ1) is 15.4. The lowest BCUT2D eigenvalue weighted by Gasteiger charge is -2.24. The van der Waals surface area contributed by atoms with E-state index < -0.39 is 0 Å². The molecule has 0 bridgehead atoms. The zero-order chi connectivity index (χ0) is 16.1. The molecule has 5 heteroatoms. The molecule has 1 saturated heterocycles. The second-order valence-electron chi connectivity index (χ2n) is 5.15. The van der Waals surface area contributed by atoms with Crippen LogP contribution in [0.25, 0.3) is 0 Å². The summed E-state index contributed by atoms with van der Waals surface area (Å²) in [5, 5.41) is 8.87. The fraction of sp³-hybridized carbons (Fsp3) is 0.222. The number of rotatable bonds is 5. The Labute approximate surface area is 139 Å². The van der Waals surface area contributed by atoms with Crippen molar-refractivity contribution in [1.29, 1.82) is 5.26 Å². The highest BCUT2D eigenvalue weighted by Gasteiger charge is 2.32. The molecule has 116 valence electrons. The number of thioether (sulfide) groups is 1. The largest absolute Gasteiger partial charge is 0.492 e. The van der Waals surface area contributed by atoms with Crippen molar-refractivity contribution in [3.63, 3.8) is 0 Å². The monoisotopic (exact) mass is 324 g/mol. The van der Waals surface area contributed by atoms with Crippen LogP contribution in [0.2, 0.25) is 0 Å². The van der Waals surface area contributed by atoms with Crippen LogP contribution in [0.1, 0.15) is 16.5 Å². The summed E-state index contributed by atoms with van der Waals surface area (Å²) < 4.78 is 5.69. The Bertz CT molecular complexity index is 710. The highest BCUT2D eigenvalue weighted by atomic mass is 32.2. The Hall–Kier alpha value is -2.45. The molecule has 0 aliphatic carbocycles. The molecule has 4 nitrogen and oxygen atoms in total. The third kappa shape index (κ3) is 3.66. The van der Waals surface area contributed by atoms with Crippen LogP contribution in [-0.4, -0.2) is 29.7 Å². The summed E-state index contributed by atoms with van der Waals surface area (Å²) in [5.41, 5.74) is 1.67. The van der Waals surface area contributed by atoms with Crippen LogP contribution >= 0.6 is 11.8 Å². The molecule has 3 rings (SSSR count). The molecule has 1 aliphatic heterocycles. The maximum Gasteiger partial charge on any atom is 0.233 e. The summed E-state index contributed by atoms with van der Waals surface area (Å²) in [6.45, 7) is 1.01. The Balaban J connectivity index is 1.64. The van der Waals surface area contributed by atoms with Crippen molar-refractivity contribution >= 4 is 17.7 Å². The van der Waals surface area contributed by atoms with Crippen LogP contribution in [-0.2, 0) is 4.79 Å². The van der Waals surface area contributed by atoms with Gasteiger partial charge in [0.2, 0.25) is 5.91 Å². The first-order valence-electron chi connectivity index (χ1n) is 7.37. The highest BCUT2D eigenvalue weighted by molar-refractivity contribution is 8.00. The quantitative estimate of drug-likeness (QED) is 0.847. The lowest BCUT2D eigenvalue weighted by Crippen LogP contribution is -2.32. The minimum atomic E-state index is -0.00498. The van der Waals surface area contributed by atoms with Crippen molar-refractivity contribution < 1.29 is 9.53 Å². The average Bonchev–Trinajstić information content (AvgIpc) is 2.97. The predicted molar refractivity (Wildman–Crippen MR) is 90.0 cm³/mol. The van der Waals surface area contributed by atoms with E-state index in [4.69, 9.17) is 10.00 Å². The van der Waals surface area contributed by atoms with Crippen molar-refractivity contribution in [3.05, 3.63) is 65.7 Å². The molecule has 1 atom stereocenters. The second kappa shape index (κ2) is 7.21. The molecule has 1 aliphatic rings. The summed E-state index contributed by atoms with van der Waals surface area (Å²) in [6.07, 6.45) is 0. The molecule has 1 amide bonds. The van der Waals surface area contributed by atoms with Gasteiger partial charge in [-0.3, -0.25) is 4.79 Å². The lowest BCUT2D eigenvalue weighted by molar-refractivity contribution is -0.128. The topological polar surface area (TPSA) is 53.3 Å². The number of nitriles is 1. The molecule has 1 heterocycles. The van der Waals surface area contributed by atoms with E-state index in [9.17, 15) is 4.79 Å². The maximum atomic E-state index is 12.1. The zero-order valence-corrected chi connectivity index (χ0v) is 13.3. The number of carbonyl (C=O) groups excluding carboxylic acids is 1. The summed E-state index contributed by atoms with van der Waals surface area (Å²) in [4.78, 5) is 14.0. The normalized spacial score (nSPS) is 17.1. The fourth-order valence-electron chi connectivity index (χ4n) is 2.47. The SMILES string of the molecule is N#Cc1ccc(C2SCC(=O)N2CCOc2ccccc2)cc1. The van der Waals surface area contributed by atoms with Crippen LogP contribution in [0.15, 0.2) is 54.6 Å². The van der Waals surface area contributed by atoms with Crippen LogP contribution in [0.4, 0.5) is 0 Å². The van der Waals surface area contributed by atoms with Crippen molar-refractivity contribution in [3.8, 4) is 11.8 Å². The number of amides is 1. The minimum Gasteiger partial charge on any atom is -0.492 e. The van der Waals surface area contributed by atoms with E-state index in [1.54, 1.807) is 23.9 Å². The van der Waals surface area contributed by atoms with E-state index in [1.165, 1.54) is 0 Å². The molecular weight excluding hydrogens is 308 g/mol. The molecule has 0 N–H and O–H groups in total. The molecule has 0 aromatic heterocycles. The first-order chi connectivity index (χ1) is 11.3. The number of benzene rings is 2. The molecule has 0 saturated carbocycles. The van der Waals surface area contributed by atoms with Gasteiger partial charge in [-0.25, -0.2) is 0 Å². The summed E-state index contributed by atoms with van der Waals surface area (Å²) in [5.74, 6) is 1.42. The van der Waals surface area contributed by atoms with E-state index in [1.807, 2.05) is 47.4 Å². The maximum absolute atomic E-state index is 12.1. The Kier molecular flexibility index (Phi) is 4.84. The van der Waals surface area contributed by atoms with Gasteiger partial charge < -0.3 is 9.64 Å². The van der Waals surface area contributed by atoms with Gasteiger partial charge in [0.05, 0.1) is 23.9 Å². The van der Waals surface area contributed by atoms with Gasteiger partial charge in [0.25, 0.3) is 0 Å². The lowest BCUT2D eigenvalue weighted by atomic mass is 10.1. The molecule has 0 radical (unpaired) electrons. The van der Waals surface area contributed by atoms with Gasteiger partial charge in [-0.05, 0) is 29.8 Å². The first-order valence-corrected chi connectivity index (χ1v) is 8.42. The van der Waals surface area contributed by atoms with Crippen LogP contribution in [0.3, 0.4) is 0 Å². The third-order valence-electron chi connectivity index (χ3n) is 3.64. The number of para-hydroxylation sites is 1. The van der Waals surface area contributed by atoms with E-state index in [0.29, 0.717) is 24.5 Å². The van der Waals surface area contributed by atoms with Crippen molar-refractivity contribution in [2.24, 2.45) is 0 Å². The van der Waals surface area contributed by atoms with Gasteiger partial charge in [0.1, 0.15) is 17.7 Å². The highest BCUT2D eigenvalue weighted by Crippen LogP contribution is 2.38. The minimum absolute atomic E-state index is 0.00498. The molecule has 0 spiro atoms. The van der Waals surface area contributed by atoms with E-state index in [2.05, 4.69) is 6.07 Å². The fourth-order valence-corrected chi connectivity index (χ4v) is 3.69. The Morgan fingerprint density at radius 1 is 1.17 bits per heavy atom. The second-order valence-corrected chi connectivity index (χ2v) is 6.21. The van der Waals surface area contributed by atoms with E-state index in [0.717, 1.165) is 11.3 Å². The average molecular weight is 324 g/mol. The summed E-state index contributed by atoms with van der Waals surface area (Å²) >= 11 is 1.61. The van der Waals surface area contributed by atoms with Gasteiger partial charge >= 0.3 is 0 Å². The summed E-state index contributed by atoms with van der Waals surface area (Å²) in [7, 11) is 0. The third-order valence-corrected chi connectivity index (χ3v) is 4.89. The number of hydrogen-bond acceptors (Lipinski definition) is 4. The van der Waals surface area contributed by atoms with Crippen LogP contribution in [0.5, 0.6) is 5.75 Å². The van der Waals surface area contributed by atoms with Gasteiger partial charge in [-0.1, -0.05) is 30.3 Å². The molecule has 2 aromatic carbocycles. The molecule has 1 unspecified atom stereocenters. The predicted octanol–water partition coefficient (Wildman–Crippen LogP) is 3.21. The number of hydrogen-bond donors (Lipinski definition) is 0. The van der Waals surface area contributed by atoms with E-state index >= 15 is 0 Å². The van der Waals surface area contributed by atoms with Gasteiger partial charge in [-0.15, -0.1) is 11.8 Å². The number of carbonyl (C=O) groups is 1. The van der Waals surface area contributed by atoms with Crippen molar-refractivity contribution in [2.75, 3.05) is 18.9 Å². The molecular formula is C18H16N2O2S. The number of nitrogens with zero attached hydrogens (tertiary/aromatic N) is 2. The van der Waals surface area contributed by atoms with Crippen LogP contribution < -0.4 is 4.74 Å². The smallest absolute Gasteiger partial charge is 0.233 e. The van der Waals surface area contributed by atoms with Gasteiger partial charge in [-0.2, -0.15) is 5.26 Å². The summed E-state index contributed by atoms with van der Waals surface area (Å²) in [6, 6.07) is 19.1. The molecule has 2 aromatic rings. The standard InChI is InChI=1S/C18H16N2O2S/c19-12-14-6-8-15(9-7-14)18-20(17(21)13-23-18)10-11-22-16-4-2-1-3-5-16/h1-9,18H,10-11,13H2. The molecule has 23 heavy (non-hydrogen) atoms. The Morgan fingerprint density at radius 2 is 1.91 bits per heavy atom. The number of ether oxygens (including phenoxy) is 1. The van der Waals surface area contributed by atoms with Crippen molar-refractivity contribution in [2.45, 2.75) is 5.37 Å². The van der Waals surface area contributed by atoms with Gasteiger partial charge in [0.15, 0.2) is 0 Å². The Morgan fingerprint density at radius 3 is 2.61 bits per heavy atom. The van der Waals surface area contributed by atoms with Crippen LogP contribution in [0, 0.1) is 11.3 Å². The zero-order valence-electron chi connectivity index (χ0n) is 12.5. The van der Waals surface area contributed by atoms with Crippen molar-refractivity contribution in [1.82, 2.24) is 4.90 Å². The molecule has 1 fully saturated rings. The van der Waals surface area contributed by atoms with Gasteiger partial charge in [0, 0.05) is 0 Å².